The normalized spacial score (nSPS) is 13.7. The number of piperazine rings is 1. The number of nitrogens with one attached hydrogen (secondary N) is 1. The van der Waals surface area contributed by atoms with Gasteiger partial charge in [-0.15, -0.1) is 0 Å². The Morgan fingerprint density at radius 1 is 1.03 bits per heavy atom. The number of anilines is 4. The lowest BCUT2D eigenvalue weighted by atomic mass is 10.2. The summed E-state index contributed by atoms with van der Waals surface area (Å²) in [7, 11) is 0. The van der Waals surface area contributed by atoms with Gasteiger partial charge in [0.2, 0.25) is 11.6 Å². The Kier molecular flexibility index (Phi) is 6.06. The molecule has 3 aromatic rings. The van der Waals surface area contributed by atoms with Crippen molar-refractivity contribution in [2.45, 2.75) is 6.92 Å². The lowest BCUT2D eigenvalue weighted by Gasteiger charge is -2.35. The summed E-state index contributed by atoms with van der Waals surface area (Å²) in [4.78, 5) is 28.3. The minimum absolute atomic E-state index is 0.136. The average molecular weight is 421 g/mol. The molecular formula is C21H23N7O3. The summed E-state index contributed by atoms with van der Waals surface area (Å²) in [6.45, 7) is 5.06. The van der Waals surface area contributed by atoms with Gasteiger partial charge in [0, 0.05) is 38.1 Å². The Balaban J connectivity index is 1.53. The van der Waals surface area contributed by atoms with Crippen LogP contribution < -0.4 is 19.9 Å². The van der Waals surface area contributed by atoms with Gasteiger partial charge in [-0.05, 0) is 43.3 Å². The van der Waals surface area contributed by atoms with E-state index in [1.807, 2.05) is 30.0 Å². The summed E-state index contributed by atoms with van der Waals surface area (Å²) in [6, 6.07) is 13.0. The predicted octanol–water partition coefficient (Wildman–Crippen LogP) is 3.25. The maximum Gasteiger partial charge on any atom is 0.353 e. The Morgan fingerprint density at radius 3 is 2.42 bits per heavy atom. The predicted molar refractivity (Wildman–Crippen MR) is 118 cm³/mol. The van der Waals surface area contributed by atoms with Crippen LogP contribution in [-0.4, -0.2) is 52.7 Å². The zero-order valence-corrected chi connectivity index (χ0v) is 17.1. The van der Waals surface area contributed by atoms with Crippen LogP contribution in [0.25, 0.3) is 0 Å². The molecule has 0 spiro atoms. The molecule has 31 heavy (non-hydrogen) atoms. The van der Waals surface area contributed by atoms with E-state index in [4.69, 9.17) is 4.74 Å². The first-order valence-corrected chi connectivity index (χ1v) is 10.1. The number of aromatic nitrogens is 3. The molecule has 1 aliphatic heterocycles. The summed E-state index contributed by atoms with van der Waals surface area (Å²) in [5.41, 5.74) is 0.541. The van der Waals surface area contributed by atoms with E-state index >= 15 is 0 Å². The lowest BCUT2D eigenvalue weighted by molar-refractivity contribution is -0.383. The van der Waals surface area contributed by atoms with Gasteiger partial charge >= 0.3 is 5.69 Å². The van der Waals surface area contributed by atoms with E-state index in [0.29, 0.717) is 44.3 Å². The summed E-state index contributed by atoms with van der Waals surface area (Å²) >= 11 is 0. The molecule has 0 radical (unpaired) electrons. The minimum Gasteiger partial charge on any atom is -0.494 e. The molecule has 2 aromatic heterocycles. The van der Waals surface area contributed by atoms with Crippen molar-refractivity contribution in [2.75, 3.05) is 47.9 Å². The van der Waals surface area contributed by atoms with Crippen molar-refractivity contribution in [2.24, 2.45) is 0 Å². The zero-order chi connectivity index (χ0) is 21.6. The molecule has 10 nitrogen and oxygen atoms in total. The van der Waals surface area contributed by atoms with Crippen molar-refractivity contribution in [3.05, 3.63) is 65.1 Å². The molecule has 0 unspecified atom stereocenters. The number of benzene rings is 1. The van der Waals surface area contributed by atoms with Crippen molar-refractivity contribution >= 4 is 28.8 Å². The number of hydrogen-bond acceptors (Lipinski definition) is 9. The highest BCUT2D eigenvalue weighted by Gasteiger charge is 2.29. The largest absolute Gasteiger partial charge is 0.494 e. The van der Waals surface area contributed by atoms with Crippen LogP contribution in [-0.2, 0) is 0 Å². The summed E-state index contributed by atoms with van der Waals surface area (Å²) in [6.07, 6.45) is 3.11. The zero-order valence-electron chi connectivity index (χ0n) is 17.1. The van der Waals surface area contributed by atoms with E-state index in [0.717, 1.165) is 11.6 Å². The van der Waals surface area contributed by atoms with Crippen LogP contribution in [0, 0.1) is 10.1 Å². The number of ether oxygens (including phenoxy) is 1. The summed E-state index contributed by atoms with van der Waals surface area (Å²) in [5.74, 6) is 2.11. The smallest absolute Gasteiger partial charge is 0.353 e. The molecule has 1 saturated heterocycles. The number of nitro groups is 1. The number of nitrogens with zero attached hydrogens (tertiary/aromatic N) is 6. The number of rotatable bonds is 7. The first-order valence-electron chi connectivity index (χ1n) is 10.1. The van der Waals surface area contributed by atoms with Crippen LogP contribution in [0.2, 0.25) is 0 Å². The average Bonchev–Trinajstić information content (AvgIpc) is 2.81. The van der Waals surface area contributed by atoms with Gasteiger partial charge in [0.1, 0.15) is 17.9 Å². The fourth-order valence-corrected chi connectivity index (χ4v) is 3.49. The van der Waals surface area contributed by atoms with Crippen molar-refractivity contribution in [3.8, 4) is 5.75 Å². The van der Waals surface area contributed by atoms with Gasteiger partial charge in [-0.25, -0.2) is 15.0 Å². The van der Waals surface area contributed by atoms with E-state index in [-0.39, 0.29) is 11.5 Å². The molecule has 3 heterocycles. The van der Waals surface area contributed by atoms with Gasteiger partial charge in [-0.1, -0.05) is 6.07 Å². The fourth-order valence-electron chi connectivity index (χ4n) is 3.49. The molecule has 4 rings (SSSR count). The van der Waals surface area contributed by atoms with E-state index < -0.39 is 4.92 Å². The Bertz CT molecular complexity index is 1020. The number of pyridine rings is 1. The Morgan fingerprint density at radius 2 is 1.77 bits per heavy atom. The Hall–Kier alpha value is -3.95. The molecule has 0 bridgehead atoms. The second-order valence-electron chi connectivity index (χ2n) is 6.90. The maximum atomic E-state index is 11.9. The highest BCUT2D eigenvalue weighted by Crippen LogP contribution is 2.34. The topological polar surface area (TPSA) is 110 Å². The van der Waals surface area contributed by atoms with Gasteiger partial charge in [-0.3, -0.25) is 10.1 Å². The van der Waals surface area contributed by atoms with Gasteiger partial charge < -0.3 is 19.9 Å². The van der Waals surface area contributed by atoms with Crippen LogP contribution in [0.5, 0.6) is 5.75 Å². The van der Waals surface area contributed by atoms with Gasteiger partial charge in [0.25, 0.3) is 0 Å². The monoisotopic (exact) mass is 421 g/mol. The van der Waals surface area contributed by atoms with Crippen molar-refractivity contribution in [1.82, 2.24) is 15.0 Å². The first kappa shape index (κ1) is 20.3. The third-order valence-electron chi connectivity index (χ3n) is 4.97. The highest BCUT2D eigenvalue weighted by atomic mass is 16.6. The van der Waals surface area contributed by atoms with Crippen LogP contribution in [0.3, 0.4) is 0 Å². The second-order valence-corrected chi connectivity index (χ2v) is 6.90. The maximum absolute atomic E-state index is 11.9. The second kappa shape index (κ2) is 9.24. The van der Waals surface area contributed by atoms with Crippen LogP contribution in [0.1, 0.15) is 6.92 Å². The SMILES string of the molecule is CCOc1ccc(Nc2ncnc(N3CCN(c4ccccn4)CC3)c2[N+](=O)[O-])cc1. The molecule has 0 atom stereocenters. The molecule has 160 valence electrons. The quantitative estimate of drug-likeness (QED) is 0.454. The molecule has 0 aliphatic carbocycles. The van der Waals surface area contributed by atoms with E-state index in [1.165, 1.54) is 6.33 Å². The van der Waals surface area contributed by atoms with Crippen molar-refractivity contribution in [3.63, 3.8) is 0 Å². The van der Waals surface area contributed by atoms with Gasteiger partial charge in [-0.2, -0.15) is 0 Å². The van der Waals surface area contributed by atoms with Crippen LogP contribution >= 0.6 is 0 Å². The molecule has 0 saturated carbocycles. The molecule has 1 fully saturated rings. The van der Waals surface area contributed by atoms with Crippen LogP contribution in [0.4, 0.5) is 28.8 Å². The third kappa shape index (κ3) is 4.63. The highest BCUT2D eigenvalue weighted by molar-refractivity contribution is 5.74. The molecule has 0 amide bonds. The number of hydrogen-bond donors (Lipinski definition) is 1. The van der Waals surface area contributed by atoms with E-state index in [2.05, 4.69) is 25.2 Å². The van der Waals surface area contributed by atoms with Crippen molar-refractivity contribution in [1.29, 1.82) is 0 Å². The van der Waals surface area contributed by atoms with Gasteiger partial charge in [0.15, 0.2) is 0 Å². The molecule has 10 heteroatoms. The molecule has 1 N–H and O–H groups in total. The lowest BCUT2D eigenvalue weighted by Crippen LogP contribution is -2.47. The Labute approximate surface area is 179 Å². The van der Waals surface area contributed by atoms with Crippen molar-refractivity contribution < 1.29 is 9.66 Å². The summed E-state index contributed by atoms with van der Waals surface area (Å²) < 4.78 is 5.44. The van der Waals surface area contributed by atoms with E-state index in [1.54, 1.807) is 30.5 Å². The third-order valence-corrected chi connectivity index (χ3v) is 4.97. The minimum atomic E-state index is -0.433. The first-order chi connectivity index (χ1) is 15.2. The fraction of sp³-hybridized carbons (Fsp3) is 0.286. The standard InChI is InChI=1S/C21H23N7O3/c1-2-31-17-8-6-16(7-9-17)25-20-19(28(29)30)21(24-15-23-20)27-13-11-26(12-14-27)18-5-3-4-10-22-18/h3-10,15H,2,11-14H2,1H3,(H,23,24,25). The van der Waals surface area contributed by atoms with Crippen LogP contribution in [0.15, 0.2) is 55.0 Å². The van der Waals surface area contributed by atoms with E-state index in [9.17, 15) is 10.1 Å². The molecule has 1 aliphatic rings. The van der Waals surface area contributed by atoms with Gasteiger partial charge in [0.05, 0.1) is 11.5 Å². The summed E-state index contributed by atoms with van der Waals surface area (Å²) in [5, 5.41) is 15.0. The molecular weight excluding hydrogens is 398 g/mol. The molecule has 1 aromatic carbocycles.